The molecule has 0 fully saturated rings. The molecule has 0 amide bonds. The monoisotopic (exact) mass is 308 g/mol. The van der Waals surface area contributed by atoms with Gasteiger partial charge in [-0.05, 0) is 25.1 Å². The van der Waals surface area contributed by atoms with E-state index < -0.39 is 0 Å². The van der Waals surface area contributed by atoms with Crippen LogP contribution in [0.3, 0.4) is 0 Å². The fraction of sp³-hybridized carbons (Fsp3) is 0.133. The number of ether oxygens (including phenoxy) is 1. The average molecular weight is 308 g/mol. The molecule has 5 nitrogen and oxygen atoms in total. The highest BCUT2D eigenvalue weighted by Gasteiger charge is 2.13. The van der Waals surface area contributed by atoms with E-state index in [4.69, 9.17) is 9.72 Å². The van der Waals surface area contributed by atoms with Gasteiger partial charge in [-0.1, -0.05) is 5.46 Å². The smallest absolute Gasteiger partial charge is 0.154 e. The summed E-state index contributed by atoms with van der Waals surface area (Å²) < 4.78 is 8.27. The fourth-order valence-corrected chi connectivity index (χ4v) is 3.45. The number of hydrogen-bond acceptors (Lipinski definition) is 5. The third-order valence-electron chi connectivity index (χ3n) is 3.56. The molecule has 0 unspecified atom stereocenters. The van der Waals surface area contributed by atoms with Gasteiger partial charge in [0.2, 0.25) is 0 Å². The van der Waals surface area contributed by atoms with Crippen LogP contribution in [0.1, 0.15) is 5.69 Å². The summed E-state index contributed by atoms with van der Waals surface area (Å²) in [5.41, 5.74) is 4.74. The highest BCUT2D eigenvalue weighted by molar-refractivity contribution is 7.22. The van der Waals surface area contributed by atoms with Crippen LogP contribution in [-0.4, -0.2) is 34.5 Å². The van der Waals surface area contributed by atoms with Gasteiger partial charge in [-0.15, -0.1) is 11.3 Å². The molecule has 0 aliphatic rings. The second-order valence-electron chi connectivity index (χ2n) is 5.22. The molecule has 0 aliphatic carbocycles. The molecule has 3 aromatic heterocycles. The van der Waals surface area contributed by atoms with Gasteiger partial charge >= 0.3 is 0 Å². The number of fused-ring (bicyclic) bond motifs is 2. The molecule has 0 saturated heterocycles. The van der Waals surface area contributed by atoms with Crippen molar-refractivity contribution in [3.63, 3.8) is 0 Å². The molecule has 0 atom stereocenters. The summed E-state index contributed by atoms with van der Waals surface area (Å²) in [6.07, 6.45) is 1.92. The van der Waals surface area contributed by atoms with Gasteiger partial charge in [-0.25, -0.2) is 14.5 Å². The molecule has 22 heavy (non-hydrogen) atoms. The number of hydrogen-bond donors (Lipinski definition) is 0. The van der Waals surface area contributed by atoms with E-state index in [0.717, 1.165) is 43.5 Å². The van der Waals surface area contributed by atoms with Crippen LogP contribution < -0.4 is 10.2 Å². The van der Waals surface area contributed by atoms with Crippen molar-refractivity contribution in [2.75, 3.05) is 7.11 Å². The molecule has 3 heterocycles. The standard InChI is InChI=1S/C15H13BN4OS/c1-8-3-4-13-17-12(7-20(13)19-8)15-18-11-6-9(21-2)5-10(16)14(11)22-15/h3-7H,16H2,1-2H3. The largest absolute Gasteiger partial charge is 0.497 e. The Bertz CT molecular complexity index is 1010. The molecule has 0 bridgehead atoms. The molecule has 0 N–H and O–H groups in total. The minimum atomic E-state index is 0.828. The summed E-state index contributed by atoms with van der Waals surface area (Å²) in [6, 6.07) is 7.91. The van der Waals surface area contributed by atoms with Crippen LogP contribution in [0, 0.1) is 6.92 Å². The van der Waals surface area contributed by atoms with Crippen molar-refractivity contribution >= 4 is 40.5 Å². The number of benzene rings is 1. The predicted octanol–water partition coefficient (Wildman–Crippen LogP) is 1.58. The molecule has 4 rings (SSSR count). The number of aromatic nitrogens is 4. The van der Waals surface area contributed by atoms with Crippen LogP contribution in [-0.2, 0) is 0 Å². The van der Waals surface area contributed by atoms with Crippen molar-refractivity contribution in [1.82, 2.24) is 19.6 Å². The molecule has 108 valence electrons. The predicted molar refractivity (Wildman–Crippen MR) is 91.1 cm³/mol. The minimum Gasteiger partial charge on any atom is -0.497 e. The normalized spacial score (nSPS) is 11.4. The SMILES string of the molecule is Bc1cc(OC)cc2nc(-c3cn4nc(C)ccc4n3)sc12. The van der Waals surface area contributed by atoms with E-state index in [1.807, 2.05) is 37.4 Å². The van der Waals surface area contributed by atoms with E-state index in [-0.39, 0.29) is 0 Å². The van der Waals surface area contributed by atoms with Crippen molar-refractivity contribution in [2.45, 2.75) is 6.92 Å². The lowest BCUT2D eigenvalue weighted by atomic mass is 9.96. The van der Waals surface area contributed by atoms with Gasteiger partial charge in [0.05, 0.1) is 24.5 Å². The molecule has 0 aliphatic heterocycles. The maximum Gasteiger partial charge on any atom is 0.154 e. The van der Waals surface area contributed by atoms with Crippen molar-refractivity contribution in [2.24, 2.45) is 0 Å². The maximum absolute atomic E-state index is 5.31. The van der Waals surface area contributed by atoms with Gasteiger partial charge < -0.3 is 4.74 Å². The first-order valence-electron chi connectivity index (χ1n) is 6.92. The zero-order valence-electron chi connectivity index (χ0n) is 12.5. The lowest BCUT2D eigenvalue weighted by molar-refractivity contribution is 0.415. The van der Waals surface area contributed by atoms with Crippen LogP contribution >= 0.6 is 11.3 Å². The Kier molecular flexibility index (Phi) is 2.90. The Hall–Kier alpha value is -2.41. The van der Waals surface area contributed by atoms with Crippen LogP contribution in [0.25, 0.3) is 26.6 Å². The average Bonchev–Trinajstić information content (AvgIpc) is 3.10. The van der Waals surface area contributed by atoms with E-state index in [9.17, 15) is 0 Å². The molecular formula is C15H13BN4OS. The van der Waals surface area contributed by atoms with Gasteiger partial charge in [-0.2, -0.15) is 5.10 Å². The molecule has 1 aromatic carbocycles. The lowest BCUT2D eigenvalue weighted by Gasteiger charge is -2.00. The summed E-state index contributed by atoms with van der Waals surface area (Å²) >= 11 is 1.65. The van der Waals surface area contributed by atoms with Gasteiger partial charge in [0, 0.05) is 10.8 Å². The Morgan fingerprint density at radius 2 is 2.09 bits per heavy atom. The number of thiazole rings is 1. The summed E-state index contributed by atoms with van der Waals surface area (Å²) in [5.74, 6) is 0.828. The number of methoxy groups -OCH3 is 1. The van der Waals surface area contributed by atoms with Crippen molar-refractivity contribution in [1.29, 1.82) is 0 Å². The third-order valence-corrected chi connectivity index (χ3v) is 4.79. The number of rotatable bonds is 2. The Balaban J connectivity index is 1.90. The summed E-state index contributed by atoms with van der Waals surface area (Å²) in [6.45, 7) is 1.96. The van der Waals surface area contributed by atoms with Crippen LogP contribution in [0.15, 0.2) is 30.5 Å². The molecule has 4 aromatic rings. The summed E-state index contributed by atoms with van der Waals surface area (Å²) in [7, 11) is 3.74. The lowest BCUT2D eigenvalue weighted by Crippen LogP contribution is -2.02. The first-order valence-corrected chi connectivity index (χ1v) is 7.74. The van der Waals surface area contributed by atoms with Crippen molar-refractivity contribution < 1.29 is 4.74 Å². The van der Waals surface area contributed by atoms with Gasteiger partial charge in [0.1, 0.15) is 24.3 Å². The van der Waals surface area contributed by atoms with E-state index in [1.165, 1.54) is 0 Å². The molecule has 0 saturated carbocycles. The van der Waals surface area contributed by atoms with E-state index >= 15 is 0 Å². The Morgan fingerprint density at radius 3 is 2.91 bits per heavy atom. The second-order valence-corrected chi connectivity index (χ2v) is 6.21. The Morgan fingerprint density at radius 1 is 1.23 bits per heavy atom. The molecular weight excluding hydrogens is 295 g/mol. The zero-order chi connectivity index (χ0) is 15.3. The highest BCUT2D eigenvalue weighted by atomic mass is 32.1. The second kappa shape index (κ2) is 4.81. The van der Waals surface area contributed by atoms with E-state index in [0.29, 0.717) is 0 Å². The maximum atomic E-state index is 5.31. The topological polar surface area (TPSA) is 52.3 Å². The number of imidazole rings is 1. The van der Waals surface area contributed by atoms with Crippen LogP contribution in [0.5, 0.6) is 5.75 Å². The summed E-state index contributed by atoms with van der Waals surface area (Å²) in [5, 5.41) is 5.33. The first kappa shape index (κ1) is 13.3. The van der Waals surface area contributed by atoms with Crippen LogP contribution in [0.2, 0.25) is 0 Å². The highest BCUT2D eigenvalue weighted by Crippen LogP contribution is 2.30. The van der Waals surface area contributed by atoms with Gasteiger partial charge in [-0.3, -0.25) is 0 Å². The van der Waals surface area contributed by atoms with Gasteiger partial charge in [0.15, 0.2) is 5.65 Å². The molecule has 0 radical (unpaired) electrons. The van der Waals surface area contributed by atoms with Crippen molar-refractivity contribution in [3.8, 4) is 16.5 Å². The summed E-state index contributed by atoms with van der Waals surface area (Å²) in [4.78, 5) is 9.31. The number of nitrogens with zero attached hydrogens (tertiary/aromatic N) is 4. The zero-order valence-corrected chi connectivity index (χ0v) is 13.3. The van der Waals surface area contributed by atoms with E-state index in [1.54, 1.807) is 23.0 Å². The quantitative estimate of drug-likeness (QED) is 0.528. The van der Waals surface area contributed by atoms with E-state index in [2.05, 4.69) is 17.9 Å². The van der Waals surface area contributed by atoms with Crippen molar-refractivity contribution in [3.05, 3.63) is 36.2 Å². The minimum absolute atomic E-state index is 0.828. The first-order chi connectivity index (χ1) is 10.6. The van der Waals surface area contributed by atoms with Gasteiger partial charge in [0.25, 0.3) is 0 Å². The third kappa shape index (κ3) is 2.05. The molecule has 7 heteroatoms. The fourth-order valence-electron chi connectivity index (χ4n) is 2.48. The van der Waals surface area contributed by atoms with Crippen LogP contribution in [0.4, 0.5) is 0 Å². The Labute approximate surface area is 132 Å². The number of aryl methyl sites for hydroxylation is 1. The molecule has 0 spiro atoms.